The molecule has 2 aliphatic heterocycles. The molecule has 1 unspecified atom stereocenters. The van der Waals surface area contributed by atoms with Gasteiger partial charge in [-0.05, 0) is 57.0 Å². The topological polar surface area (TPSA) is 52.2 Å². The van der Waals surface area contributed by atoms with Crippen molar-refractivity contribution >= 4 is 16.9 Å². The molecule has 122 valence electrons. The Hall–Kier alpha value is -1.88. The van der Waals surface area contributed by atoms with E-state index in [0.717, 1.165) is 42.5 Å². The summed E-state index contributed by atoms with van der Waals surface area (Å²) in [4.78, 5) is 24.9. The zero-order valence-electron chi connectivity index (χ0n) is 13.5. The number of hydrogen-bond acceptors (Lipinski definition) is 3. The monoisotopic (exact) mass is 312 g/mol. The minimum atomic E-state index is 0.168. The molecule has 1 amide bonds. The number of amides is 1. The van der Waals surface area contributed by atoms with Crippen LogP contribution in [0.1, 0.15) is 42.5 Å². The number of aromatic amines is 1. The third-order valence-electron chi connectivity index (χ3n) is 5.22. The van der Waals surface area contributed by atoms with Gasteiger partial charge in [0.2, 0.25) is 0 Å². The Bertz CT molecular complexity index is 689. The molecule has 0 bridgehead atoms. The highest BCUT2D eigenvalue weighted by Gasteiger charge is 2.31. The molecule has 4 rings (SSSR count). The highest BCUT2D eigenvalue weighted by molar-refractivity contribution is 5.97. The van der Waals surface area contributed by atoms with Crippen LogP contribution in [0.4, 0.5) is 0 Å². The van der Waals surface area contributed by atoms with Gasteiger partial charge in [-0.3, -0.25) is 4.79 Å². The van der Waals surface area contributed by atoms with Gasteiger partial charge >= 0.3 is 0 Å². The van der Waals surface area contributed by atoms with Crippen LogP contribution < -0.4 is 0 Å². The molecule has 1 N–H and O–H groups in total. The summed E-state index contributed by atoms with van der Waals surface area (Å²) < 4.78 is 0. The van der Waals surface area contributed by atoms with E-state index in [4.69, 9.17) is 0 Å². The Morgan fingerprint density at radius 1 is 1.17 bits per heavy atom. The number of aromatic nitrogens is 2. The molecule has 5 heteroatoms. The number of carbonyl (C=O) groups excluding carboxylic acids is 1. The van der Waals surface area contributed by atoms with Crippen LogP contribution in [0, 0.1) is 0 Å². The largest absolute Gasteiger partial charge is 0.345 e. The van der Waals surface area contributed by atoms with E-state index in [2.05, 4.69) is 19.8 Å². The van der Waals surface area contributed by atoms with E-state index in [9.17, 15) is 4.79 Å². The van der Waals surface area contributed by atoms with Crippen LogP contribution in [0.3, 0.4) is 0 Å². The van der Waals surface area contributed by atoms with Crippen molar-refractivity contribution in [3.8, 4) is 0 Å². The number of piperidine rings is 1. The smallest absolute Gasteiger partial charge is 0.254 e. The Balaban J connectivity index is 1.49. The van der Waals surface area contributed by atoms with Crippen molar-refractivity contribution in [3.05, 3.63) is 30.1 Å². The average Bonchev–Trinajstić information content (AvgIpc) is 3.23. The van der Waals surface area contributed by atoms with Crippen molar-refractivity contribution in [2.75, 3.05) is 26.2 Å². The van der Waals surface area contributed by atoms with E-state index in [-0.39, 0.29) is 5.91 Å². The highest BCUT2D eigenvalue weighted by Crippen LogP contribution is 2.23. The second-order valence-corrected chi connectivity index (χ2v) is 6.79. The second-order valence-electron chi connectivity index (χ2n) is 6.79. The van der Waals surface area contributed by atoms with Gasteiger partial charge in [-0.2, -0.15) is 0 Å². The van der Waals surface area contributed by atoms with Crippen LogP contribution in [-0.4, -0.2) is 57.9 Å². The van der Waals surface area contributed by atoms with Crippen molar-refractivity contribution in [1.82, 2.24) is 19.8 Å². The zero-order valence-corrected chi connectivity index (χ0v) is 13.5. The molecule has 2 fully saturated rings. The summed E-state index contributed by atoms with van der Waals surface area (Å²) in [6, 6.07) is 6.13. The summed E-state index contributed by atoms with van der Waals surface area (Å²) >= 11 is 0. The van der Waals surface area contributed by atoms with Crippen molar-refractivity contribution in [1.29, 1.82) is 0 Å². The van der Waals surface area contributed by atoms with Crippen LogP contribution in [-0.2, 0) is 0 Å². The summed E-state index contributed by atoms with van der Waals surface area (Å²) in [5, 5.41) is 0. The number of likely N-dealkylation sites (tertiary alicyclic amines) is 2. The van der Waals surface area contributed by atoms with Gasteiger partial charge in [-0.25, -0.2) is 4.98 Å². The van der Waals surface area contributed by atoms with Crippen molar-refractivity contribution in [2.24, 2.45) is 0 Å². The third kappa shape index (κ3) is 2.98. The molecule has 1 atom stereocenters. The average molecular weight is 312 g/mol. The molecule has 1 aromatic carbocycles. The first-order chi connectivity index (χ1) is 11.3. The second kappa shape index (κ2) is 6.32. The fourth-order valence-corrected chi connectivity index (χ4v) is 3.97. The van der Waals surface area contributed by atoms with Crippen molar-refractivity contribution in [2.45, 2.75) is 38.1 Å². The Labute approximate surface area is 136 Å². The Kier molecular flexibility index (Phi) is 4.04. The number of rotatable bonds is 3. The first-order valence-corrected chi connectivity index (χ1v) is 8.78. The summed E-state index contributed by atoms with van der Waals surface area (Å²) in [5.41, 5.74) is 2.61. The molecule has 2 aliphatic rings. The number of fused-ring (bicyclic) bond motifs is 1. The van der Waals surface area contributed by atoms with Gasteiger partial charge < -0.3 is 14.8 Å². The van der Waals surface area contributed by atoms with Gasteiger partial charge in [-0.15, -0.1) is 0 Å². The minimum Gasteiger partial charge on any atom is -0.345 e. The number of nitrogens with one attached hydrogen (secondary N) is 1. The van der Waals surface area contributed by atoms with Crippen LogP contribution in [0.25, 0.3) is 11.0 Å². The maximum absolute atomic E-state index is 12.9. The molecular formula is C18H24N4O. The van der Waals surface area contributed by atoms with Gasteiger partial charge in [0.05, 0.1) is 17.4 Å². The fourth-order valence-electron chi connectivity index (χ4n) is 3.97. The lowest BCUT2D eigenvalue weighted by molar-refractivity contribution is 0.0690. The summed E-state index contributed by atoms with van der Waals surface area (Å²) in [7, 11) is 0. The molecule has 23 heavy (non-hydrogen) atoms. The first kappa shape index (κ1) is 14.7. The number of hydrogen-bond donors (Lipinski definition) is 1. The van der Waals surface area contributed by atoms with Gasteiger partial charge in [0.15, 0.2) is 0 Å². The molecule has 1 aromatic heterocycles. The maximum Gasteiger partial charge on any atom is 0.254 e. The summed E-state index contributed by atoms with van der Waals surface area (Å²) in [5.74, 6) is 0.168. The standard InChI is InChI=1S/C18H24N4O/c23-18(14-6-7-16-17(11-14)20-13-19-16)22-10-4-5-15(22)12-21-8-2-1-3-9-21/h6-7,11,13,15H,1-5,8-10,12H2,(H,19,20). The van der Waals surface area contributed by atoms with Crippen LogP contribution in [0.5, 0.6) is 0 Å². The quantitative estimate of drug-likeness (QED) is 0.948. The molecule has 5 nitrogen and oxygen atoms in total. The molecule has 0 spiro atoms. The predicted octanol–water partition coefficient (Wildman–Crippen LogP) is 2.65. The Morgan fingerprint density at radius 3 is 2.91 bits per heavy atom. The number of benzene rings is 1. The minimum absolute atomic E-state index is 0.168. The summed E-state index contributed by atoms with van der Waals surface area (Å²) in [6.07, 6.45) is 7.89. The van der Waals surface area contributed by atoms with Gasteiger partial charge in [0.25, 0.3) is 5.91 Å². The van der Waals surface area contributed by atoms with Crippen LogP contribution in [0.2, 0.25) is 0 Å². The lowest BCUT2D eigenvalue weighted by Gasteiger charge is -2.33. The normalized spacial score (nSPS) is 22.8. The van der Waals surface area contributed by atoms with Crippen LogP contribution in [0.15, 0.2) is 24.5 Å². The van der Waals surface area contributed by atoms with Gasteiger partial charge in [0.1, 0.15) is 0 Å². The molecule has 2 saturated heterocycles. The maximum atomic E-state index is 12.9. The van der Waals surface area contributed by atoms with E-state index in [1.165, 1.54) is 32.4 Å². The summed E-state index contributed by atoms with van der Waals surface area (Å²) in [6.45, 7) is 4.31. The van der Waals surface area contributed by atoms with E-state index in [1.54, 1.807) is 6.33 Å². The first-order valence-electron chi connectivity index (χ1n) is 8.78. The zero-order chi connectivity index (χ0) is 15.6. The molecule has 0 radical (unpaired) electrons. The lowest BCUT2D eigenvalue weighted by Crippen LogP contribution is -2.44. The predicted molar refractivity (Wildman–Crippen MR) is 90.4 cm³/mol. The molecule has 0 saturated carbocycles. The number of H-pyrrole nitrogens is 1. The SMILES string of the molecule is O=C(c1ccc2nc[nH]c2c1)N1CCCC1CN1CCCCC1. The highest BCUT2D eigenvalue weighted by atomic mass is 16.2. The Morgan fingerprint density at radius 2 is 2.04 bits per heavy atom. The number of imidazole rings is 1. The van der Waals surface area contributed by atoms with Crippen molar-refractivity contribution < 1.29 is 4.79 Å². The van der Waals surface area contributed by atoms with E-state index < -0.39 is 0 Å². The fraction of sp³-hybridized carbons (Fsp3) is 0.556. The van der Waals surface area contributed by atoms with E-state index in [0.29, 0.717) is 6.04 Å². The van der Waals surface area contributed by atoms with E-state index >= 15 is 0 Å². The van der Waals surface area contributed by atoms with Gasteiger partial charge in [-0.1, -0.05) is 6.42 Å². The molecular weight excluding hydrogens is 288 g/mol. The molecule has 0 aliphatic carbocycles. The molecule has 3 heterocycles. The van der Waals surface area contributed by atoms with Crippen molar-refractivity contribution in [3.63, 3.8) is 0 Å². The van der Waals surface area contributed by atoms with Crippen LogP contribution >= 0.6 is 0 Å². The third-order valence-corrected chi connectivity index (χ3v) is 5.22. The number of nitrogens with zero attached hydrogens (tertiary/aromatic N) is 3. The molecule has 2 aromatic rings. The number of carbonyl (C=O) groups is 1. The lowest BCUT2D eigenvalue weighted by atomic mass is 10.1. The van der Waals surface area contributed by atoms with Gasteiger partial charge in [0, 0.05) is 24.7 Å². The van der Waals surface area contributed by atoms with E-state index in [1.807, 2.05) is 18.2 Å².